The summed E-state index contributed by atoms with van der Waals surface area (Å²) in [4.78, 5) is 14.0. The van der Waals surface area contributed by atoms with Crippen LogP contribution in [0.5, 0.6) is 0 Å². The van der Waals surface area contributed by atoms with Crippen molar-refractivity contribution in [3.63, 3.8) is 0 Å². The van der Waals surface area contributed by atoms with Crippen LogP contribution < -0.4 is 5.73 Å². The van der Waals surface area contributed by atoms with E-state index in [4.69, 9.17) is 10.5 Å². The summed E-state index contributed by atoms with van der Waals surface area (Å²) in [7, 11) is 1.65. The summed E-state index contributed by atoms with van der Waals surface area (Å²) in [5, 5.41) is 0. The summed E-state index contributed by atoms with van der Waals surface area (Å²) in [6.07, 6.45) is 1.30. The maximum atomic E-state index is 12.1. The normalized spacial score (nSPS) is 10.5. The third-order valence-electron chi connectivity index (χ3n) is 3.17. The Kier molecular flexibility index (Phi) is 7.15. The van der Waals surface area contributed by atoms with Crippen LogP contribution in [0.25, 0.3) is 0 Å². The van der Waals surface area contributed by atoms with E-state index in [1.54, 1.807) is 7.11 Å². The summed E-state index contributed by atoms with van der Waals surface area (Å²) >= 11 is 0. The lowest BCUT2D eigenvalue weighted by atomic mass is 10.1. The van der Waals surface area contributed by atoms with Gasteiger partial charge >= 0.3 is 0 Å². The molecule has 4 heteroatoms. The standard InChI is InChI=1S/C15H24N2O2/c1-3-17(15(18)9-6-10-19-2)12-14-8-5-4-7-13(14)11-16/h4-5,7-8H,3,6,9-12,16H2,1-2H3. The molecule has 19 heavy (non-hydrogen) atoms. The van der Waals surface area contributed by atoms with Crippen LogP contribution in [0, 0.1) is 0 Å². The molecule has 0 spiro atoms. The molecule has 0 aliphatic carbocycles. The van der Waals surface area contributed by atoms with Crippen molar-refractivity contribution in [3.05, 3.63) is 35.4 Å². The number of nitrogens with two attached hydrogens (primary N) is 1. The Hall–Kier alpha value is -1.39. The molecule has 0 saturated heterocycles. The van der Waals surface area contributed by atoms with Crippen LogP contribution in [0.2, 0.25) is 0 Å². The summed E-state index contributed by atoms with van der Waals surface area (Å²) < 4.78 is 4.97. The Morgan fingerprint density at radius 1 is 1.32 bits per heavy atom. The van der Waals surface area contributed by atoms with Crippen molar-refractivity contribution in [2.24, 2.45) is 5.73 Å². The first-order valence-corrected chi connectivity index (χ1v) is 6.76. The van der Waals surface area contributed by atoms with Crippen LogP contribution in [-0.4, -0.2) is 31.1 Å². The minimum absolute atomic E-state index is 0.173. The molecule has 0 atom stereocenters. The van der Waals surface area contributed by atoms with Gasteiger partial charge in [-0.05, 0) is 24.5 Å². The molecule has 1 aromatic carbocycles. The maximum absolute atomic E-state index is 12.1. The molecule has 0 aliphatic rings. The Labute approximate surface area is 115 Å². The summed E-state index contributed by atoms with van der Waals surface area (Å²) in [6, 6.07) is 8.01. The van der Waals surface area contributed by atoms with Gasteiger partial charge in [0.05, 0.1) is 0 Å². The minimum atomic E-state index is 0.173. The number of carbonyl (C=O) groups is 1. The summed E-state index contributed by atoms with van der Waals surface area (Å²) in [6.45, 7) is 4.48. The molecule has 1 rings (SSSR count). The second-order valence-corrected chi connectivity index (χ2v) is 4.48. The average molecular weight is 264 g/mol. The SMILES string of the molecule is CCN(Cc1ccccc1CN)C(=O)CCCOC. The van der Waals surface area contributed by atoms with Crippen LogP contribution in [0.4, 0.5) is 0 Å². The second kappa shape index (κ2) is 8.67. The summed E-state index contributed by atoms with van der Waals surface area (Å²) in [5.41, 5.74) is 7.96. The highest BCUT2D eigenvalue weighted by molar-refractivity contribution is 5.76. The second-order valence-electron chi connectivity index (χ2n) is 4.48. The van der Waals surface area contributed by atoms with E-state index in [2.05, 4.69) is 0 Å². The number of amides is 1. The Morgan fingerprint density at radius 2 is 2.00 bits per heavy atom. The van der Waals surface area contributed by atoms with E-state index in [0.717, 1.165) is 17.5 Å². The fourth-order valence-corrected chi connectivity index (χ4v) is 2.02. The smallest absolute Gasteiger partial charge is 0.222 e. The predicted octanol–water partition coefficient (Wildman–Crippen LogP) is 1.92. The lowest BCUT2D eigenvalue weighted by Gasteiger charge is -2.22. The maximum Gasteiger partial charge on any atom is 0.222 e. The van der Waals surface area contributed by atoms with Crippen LogP contribution >= 0.6 is 0 Å². The zero-order chi connectivity index (χ0) is 14.1. The molecular formula is C15H24N2O2. The third kappa shape index (κ3) is 5.01. The highest BCUT2D eigenvalue weighted by Gasteiger charge is 2.13. The fraction of sp³-hybridized carbons (Fsp3) is 0.533. The van der Waals surface area contributed by atoms with E-state index < -0.39 is 0 Å². The fourth-order valence-electron chi connectivity index (χ4n) is 2.02. The highest BCUT2D eigenvalue weighted by atomic mass is 16.5. The van der Waals surface area contributed by atoms with Gasteiger partial charge < -0.3 is 15.4 Å². The monoisotopic (exact) mass is 264 g/mol. The largest absolute Gasteiger partial charge is 0.385 e. The van der Waals surface area contributed by atoms with Gasteiger partial charge in [-0.15, -0.1) is 0 Å². The Balaban J connectivity index is 2.62. The molecule has 0 saturated carbocycles. The van der Waals surface area contributed by atoms with Gasteiger partial charge in [-0.1, -0.05) is 24.3 Å². The van der Waals surface area contributed by atoms with Crippen molar-refractivity contribution < 1.29 is 9.53 Å². The lowest BCUT2D eigenvalue weighted by molar-refractivity contribution is -0.131. The van der Waals surface area contributed by atoms with Gasteiger partial charge in [-0.2, -0.15) is 0 Å². The average Bonchev–Trinajstić information content (AvgIpc) is 2.45. The van der Waals surface area contributed by atoms with Gasteiger partial charge in [0.25, 0.3) is 0 Å². The van der Waals surface area contributed by atoms with Crippen molar-refractivity contribution in [1.29, 1.82) is 0 Å². The van der Waals surface area contributed by atoms with Gasteiger partial charge in [0, 0.05) is 39.8 Å². The van der Waals surface area contributed by atoms with Crippen LogP contribution in [-0.2, 0) is 22.6 Å². The molecule has 2 N–H and O–H groups in total. The van der Waals surface area contributed by atoms with Gasteiger partial charge in [0.2, 0.25) is 5.91 Å². The first-order chi connectivity index (χ1) is 9.22. The van der Waals surface area contributed by atoms with E-state index in [-0.39, 0.29) is 5.91 Å². The zero-order valence-electron chi connectivity index (χ0n) is 11.9. The van der Waals surface area contributed by atoms with E-state index in [9.17, 15) is 4.79 Å². The quantitative estimate of drug-likeness (QED) is 0.730. The van der Waals surface area contributed by atoms with Crippen molar-refractivity contribution in [2.75, 3.05) is 20.3 Å². The van der Waals surface area contributed by atoms with Crippen molar-refractivity contribution >= 4 is 5.91 Å². The molecule has 106 valence electrons. The number of nitrogens with zero attached hydrogens (tertiary/aromatic N) is 1. The van der Waals surface area contributed by atoms with Gasteiger partial charge in [0.15, 0.2) is 0 Å². The molecule has 4 nitrogen and oxygen atoms in total. The Bertz CT molecular complexity index is 393. The molecule has 1 amide bonds. The Morgan fingerprint density at radius 3 is 2.58 bits per heavy atom. The first kappa shape index (κ1) is 15.7. The van der Waals surface area contributed by atoms with Gasteiger partial charge in [-0.3, -0.25) is 4.79 Å². The predicted molar refractivity (Wildman–Crippen MR) is 76.5 cm³/mol. The third-order valence-corrected chi connectivity index (χ3v) is 3.17. The number of ether oxygens (including phenoxy) is 1. The van der Waals surface area contributed by atoms with Crippen molar-refractivity contribution in [1.82, 2.24) is 4.90 Å². The number of benzene rings is 1. The minimum Gasteiger partial charge on any atom is -0.385 e. The molecule has 0 bridgehead atoms. The van der Waals surface area contributed by atoms with Gasteiger partial charge in [0.1, 0.15) is 0 Å². The van der Waals surface area contributed by atoms with E-state index >= 15 is 0 Å². The molecule has 0 aliphatic heterocycles. The number of methoxy groups -OCH3 is 1. The van der Waals surface area contributed by atoms with E-state index in [1.807, 2.05) is 36.1 Å². The molecule has 0 fully saturated rings. The molecule has 0 heterocycles. The number of rotatable bonds is 8. The molecule has 0 aromatic heterocycles. The van der Waals surface area contributed by atoms with Crippen molar-refractivity contribution in [2.45, 2.75) is 32.9 Å². The summed E-state index contributed by atoms with van der Waals surface area (Å²) in [5.74, 6) is 0.173. The van der Waals surface area contributed by atoms with Crippen molar-refractivity contribution in [3.8, 4) is 0 Å². The molecule has 0 radical (unpaired) electrons. The number of hydrogen-bond acceptors (Lipinski definition) is 3. The van der Waals surface area contributed by atoms with Gasteiger partial charge in [-0.25, -0.2) is 0 Å². The van der Waals surface area contributed by atoms with E-state index in [1.165, 1.54) is 0 Å². The van der Waals surface area contributed by atoms with E-state index in [0.29, 0.717) is 32.7 Å². The molecular weight excluding hydrogens is 240 g/mol. The van der Waals surface area contributed by atoms with Crippen LogP contribution in [0.1, 0.15) is 30.9 Å². The number of carbonyl (C=O) groups excluding carboxylic acids is 1. The topological polar surface area (TPSA) is 55.6 Å². The lowest BCUT2D eigenvalue weighted by Crippen LogP contribution is -2.30. The van der Waals surface area contributed by atoms with Crippen LogP contribution in [0.15, 0.2) is 24.3 Å². The molecule has 0 unspecified atom stereocenters. The zero-order valence-corrected chi connectivity index (χ0v) is 11.9. The first-order valence-electron chi connectivity index (χ1n) is 6.76. The highest BCUT2D eigenvalue weighted by Crippen LogP contribution is 2.12. The molecule has 1 aromatic rings. The number of hydrogen-bond donors (Lipinski definition) is 1. The van der Waals surface area contributed by atoms with Crippen LogP contribution in [0.3, 0.4) is 0 Å².